The molecule has 0 aliphatic rings. The molecular weight excluding hydrogens is 224 g/mol. The van der Waals surface area contributed by atoms with Crippen molar-refractivity contribution in [3.8, 4) is 0 Å². The van der Waals surface area contributed by atoms with Crippen molar-refractivity contribution in [2.45, 2.75) is 27.2 Å². The van der Waals surface area contributed by atoms with Gasteiger partial charge >= 0.3 is 0 Å². The molecule has 0 aromatic rings. The number of carbonyl (C=O) groups excluding carboxylic acids is 2. The van der Waals surface area contributed by atoms with E-state index in [0.29, 0.717) is 18.8 Å². The molecule has 0 unspecified atom stereocenters. The van der Waals surface area contributed by atoms with Crippen LogP contribution in [0.3, 0.4) is 0 Å². The zero-order valence-corrected chi connectivity index (χ0v) is 11.2. The van der Waals surface area contributed by atoms with Gasteiger partial charge in [0.05, 0.1) is 5.75 Å². The quantitative estimate of drug-likeness (QED) is 0.629. The molecule has 2 amide bonds. The van der Waals surface area contributed by atoms with Crippen LogP contribution in [-0.2, 0) is 9.59 Å². The third kappa shape index (κ3) is 8.59. The number of hydrogen-bond acceptors (Lipinski definition) is 3. The highest BCUT2D eigenvalue weighted by molar-refractivity contribution is 7.99. The van der Waals surface area contributed by atoms with Gasteiger partial charge in [0.1, 0.15) is 0 Å². The van der Waals surface area contributed by atoms with Gasteiger partial charge < -0.3 is 10.6 Å². The van der Waals surface area contributed by atoms with E-state index in [1.54, 1.807) is 11.8 Å². The van der Waals surface area contributed by atoms with E-state index >= 15 is 0 Å². The van der Waals surface area contributed by atoms with E-state index in [4.69, 9.17) is 0 Å². The summed E-state index contributed by atoms with van der Waals surface area (Å²) in [7, 11) is 0. The second-order valence-electron chi connectivity index (χ2n) is 3.85. The van der Waals surface area contributed by atoms with E-state index in [9.17, 15) is 9.59 Å². The van der Waals surface area contributed by atoms with Crippen molar-refractivity contribution in [2.75, 3.05) is 24.6 Å². The van der Waals surface area contributed by atoms with Crippen molar-refractivity contribution in [3.05, 3.63) is 0 Å². The summed E-state index contributed by atoms with van der Waals surface area (Å²) in [5.74, 6) is 1.58. The molecule has 0 atom stereocenters. The molecule has 0 aliphatic heterocycles. The molecular formula is C11H22N2O2S. The molecule has 0 aliphatic carbocycles. The summed E-state index contributed by atoms with van der Waals surface area (Å²) in [6.07, 6.45) is 1.09. The Morgan fingerprint density at radius 1 is 1.19 bits per heavy atom. The maximum absolute atomic E-state index is 11.3. The lowest BCUT2D eigenvalue weighted by Gasteiger charge is -2.08. The Bertz CT molecular complexity index is 220. The van der Waals surface area contributed by atoms with Crippen LogP contribution in [0.1, 0.15) is 27.2 Å². The van der Waals surface area contributed by atoms with E-state index in [-0.39, 0.29) is 17.7 Å². The van der Waals surface area contributed by atoms with Gasteiger partial charge in [-0.05, 0) is 12.2 Å². The highest BCUT2D eigenvalue weighted by Crippen LogP contribution is 2.00. The summed E-state index contributed by atoms with van der Waals surface area (Å²) in [6.45, 7) is 6.78. The Kier molecular flexibility index (Phi) is 9.09. The first-order valence-electron chi connectivity index (χ1n) is 5.70. The van der Waals surface area contributed by atoms with Crippen molar-refractivity contribution in [1.82, 2.24) is 10.6 Å². The largest absolute Gasteiger partial charge is 0.354 e. The van der Waals surface area contributed by atoms with Crippen LogP contribution in [0, 0.1) is 5.92 Å². The molecule has 94 valence electrons. The van der Waals surface area contributed by atoms with Crippen LogP contribution < -0.4 is 10.6 Å². The summed E-state index contributed by atoms with van der Waals surface area (Å²) in [5.41, 5.74) is 0. The van der Waals surface area contributed by atoms with Gasteiger partial charge in [0.25, 0.3) is 0 Å². The van der Waals surface area contributed by atoms with E-state index in [1.165, 1.54) is 0 Å². The third-order valence-corrected chi connectivity index (χ3v) is 3.02. The summed E-state index contributed by atoms with van der Waals surface area (Å²) >= 11 is 1.63. The molecule has 0 radical (unpaired) electrons. The van der Waals surface area contributed by atoms with E-state index in [0.717, 1.165) is 12.2 Å². The second-order valence-corrected chi connectivity index (χ2v) is 4.95. The van der Waals surface area contributed by atoms with Crippen molar-refractivity contribution in [1.29, 1.82) is 0 Å². The summed E-state index contributed by atoms with van der Waals surface area (Å²) in [6, 6.07) is 0. The SMILES string of the molecule is CCCSCC(=O)NCCNC(=O)C(C)C. The fraction of sp³-hybridized carbons (Fsp3) is 0.818. The number of nitrogens with one attached hydrogen (secondary N) is 2. The lowest BCUT2D eigenvalue weighted by molar-refractivity contribution is -0.124. The van der Waals surface area contributed by atoms with Gasteiger partial charge in [-0.15, -0.1) is 0 Å². The third-order valence-electron chi connectivity index (χ3n) is 1.85. The van der Waals surface area contributed by atoms with Crippen LogP contribution in [-0.4, -0.2) is 36.4 Å². The Morgan fingerprint density at radius 3 is 2.38 bits per heavy atom. The molecule has 0 spiro atoms. The minimum absolute atomic E-state index is 0.00388. The van der Waals surface area contributed by atoms with Crippen LogP contribution >= 0.6 is 11.8 Å². The number of hydrogen-bond donors (Lipinski definition) is 2. The Morgan fingerprint density at radius 2 is 1.81 bits per heavy atom. The maximum atomic E-state index is 11.3. The van der Waals surface area contributed by atoms with Crippen molar-refractivity contribution in [3.63, 3.8) is 0 Å². The van der Waals surface area contributed by atoms with Crippen molar-refractivity contribution < 1.29 is 9.59 Å². The molecule has 0 rings (SSSR count). The van der Waals surface area contributed by atoms with Crippen LogP contribution in [0.4, 0.5) is 0 Å². The van der Waals surface area contributed by atoms with E-state index in [2.05, 4.69) is 17.6 Å². The molecule has 0 heterocycles. The Labute approximate surface area is 102 Å². The van der Waals surface area contributed by atoms with Crippen LogP contribution in [0.5, 0.6) is 0 Å². The average molecular weight is 246 g/mol. The minimum atomic E-state index is -0.00388. The van der Waals surface area contributed by atoms with Gasteiger partial charge in [-0.2, -0.15) is 11.8 Å². The Balaban J connectivity index is 3.37. The topological polar surface area (TPSA) is 58.2 Å². The van der Waals surface area contributed by atoms with E-state index < -0.39 is 0 Å². The molecule has 2 N–H and O–H groups in total. The number of carbonyl (C=O) groups is 2. The van der Waals surface area contributed by atoms with Crippen LogP contribution in [0.15, 0.2) is 0 Å². The summed E-state index contributed by atoms with van der Waals surface area (Å²) in [4.78, 5) is 22.4. The first-order chi connectivity index (χ1) is 7.57. The van der Waals surface area contributed by atoms with Crippen molar-refractivity contribution >= 4 is 23.6 Å². The fourth-order valence-electron chi connectivity index (χ4n) is 0.952. The first kappa shape index (κ1) is 15.3. The minimum Gasteiger partial charge on any atom is -0.354 e. The van der Waals surface area contributed by atoms with Gasteiger partial charge in [0.15, 0.2) is 0 Å². The first-order valence-corrected chi connectivity index (χ1v) is 6.85. The van der Waals surface area contributed by atoms with Crippen LogP contribution in [0.2, 0.25) is 0 Å². The number of rotatable bonds is 8. The van der Waals surface area contributed by atoms with Gasteiger partial charge in [-0.1, -0.05) is 20.8 Å². The molecule has 0 saturated carbocycles. The summed E-state index contributed by atoms with van der Waals surface area (Å²) in [5, 5.41) is 5.51. The highest BCUT2D eigenvalue weighted by Gasteiger charge is 2.05. The van der Waals surface area contributed by atoms with Gasteiger partial charge in [0, 0.05) is 19.0 Å². The zero-order valence-electron chi connectivity index (χ0n) is 10.3. The lowest BCUT2D eigenvalue weighted by Crippen LogP contribution is -2.37. The summed E-state index contributed by atoms with van der Waals surface area (Å²) < 4.78 is 0. The van der Waals surface area contributed by atoms with Crippen LogP contribution in [0.25, 0.3) is 0 Å². The molecule has 0 aromatic carbocycles. The predicted octanol–water partition coefficient (Wildman–Crippen LogP) is 1.02. The molecule has 4 nitrogen and oxygen atoms in total. The highest BCUT2D eigenvalue weighted by atomic mass is 32.2. The monoisotopic (exact) mass is 246 g/mol. The lowest BCUT2D eigenvalue weighted by atomic mass is 10.2. The molecule has 0 fully saturated rings. The van der Waals surface area contributed by atoms with Gasteiger partial charge in [-0.3, -0.25) is 9.59 Å². The van der Waals surface area contributed by atoms with E-state index in [1.807, 2.05) is 13.8 Å². The average Bonchev–Trinajstić information content (AvgIpc) is 2.24. The molecule has 16 heavy (non-hydrogen) atoms. The zero-order chi connectivity index (χ0) is 12.4. The predicted molar refractivity (Wildman–Crippen MR) is 68.5 cm³/mol. The maximum Gasteiger partial charge on any atom is 0.230 e. The molecule has 0 bridgehead atoms. The van der Waals surface area contributed by atoms with Gasteiger partial charge in [-0.25, -0.2) is 0 Å². The normalized spacial score (nSPS) is 10.2. The smallest absolute Gasteiger partial charge is 0.230 e. The number of thioether (sulfide) groups is 1. The van der Waals surface area contributed by atoms with Gasteiger partial charge in [0.2, 0.25) is 11.8 Å². The van der Waals surface area contributed by atoms with Crippen molar-refractivity contribution in [2.24, 2.45) is 5.92 Å². The molecule has 5 heteroatoms. The second kappa shape index (κ2) is 9.51. The number of amides is 2. The standard InChI is InChI=1S/C11H22N2O2S/c1-4-7-16-8-10(14)12-5-6-13-11(15)9(2)3/h9H,4-8H2,1-3H3,(H,12,14)(H,13,15). The molecule has 0 aromatic heterocycles. The fourth-order valence-corrected chi connectivity index (χ4v) is 1.67. The Hall–Kier alpha value is -0.710. The molecule has 0 saturated heterocycles.